The van der Waals surface area contributed by atoms with Crippen LogP contribution in [0, 0.1) is 0 Å². The highest BCUT2D eigenvalue weighted by Crippen LogP contribution is 2.11. The second-order valence-corrected chi connectivity index (χ2v) is 5.04. The fourth-order valence-electron chi connectivity index (χ4n) is 1.15. The third kappa shape index (κ3) is 5.60. The second-order valence-electron chi connectivity index (χ2n) is 5.04. The summed E-state index contributed by atoms with van der Waals surface area (Å²) in [5.74, 6) is 0.608. The lowest BCUT2D eigenvalue weighted by Gasteiger charge is -2.24. The van der Waals surface area contributed by atoms with Crippen molar-refractivity contribution in [1.29, 1.82) is 0 Å². The van der Waals surface area contributed by atoms with Crippen LogP contribution in [-0.4, -0.2) is 47.1 Å². The summed E-state index contributed by atoms with van der Waals surface area (Å²) in [6.07, 6.45) is -0.410. The van der Waals surface area contributed by atoms with Gasteiger partial charge < -0.3 is 24.0 Å². The van der Waals surface area contributed by atoms with Crippen LogP contribution in [0.15, 0.2) is 10.6 Å². The van der Waals surface area contributed by atoms with Crippen LogP contribution in [0.3, 0.4) is 0 Å². The predicted octanol–water partition coefficient (Wildman–Crippen LogP) is 1.41. The number of ether oxygens (including phenoxy) is 2. The molecule has 0 aromatic carbocycles. The van der Waals surface area contributed by atoms with Crippen LogP contribution in [0.4, 0.5) is 4.79 Å². The molecule has 19 heavy (non-hydrogen) atoms. The molecule has 7 nitrogen and oxygen atoms in total. The molecule has 108 valence electrons. The molecule has 1 N–H and O–H groups in total. The topological polar surface area (TPSA) is 85.0 Å². The van der Waals surface area contributed by atoms with Crippen molar-refractivity contribution in [2.24, 2.45) is 0 Å². The van der Waals surface area contributed by atoms with E-state index >= 15 is 0 Å². The lowest BCUT2D eigenvalue weighted by Crippen LogP contribution is -2.36. The van der Waals surface area contributed by atoms with E-state index in [1.807, 2.05) is 0 Å². The van der Waals surface area contributed by atoms with Gasteiger partial charge in [0.25, 0.3) is 5.88 Å². The molecule has 0 radical (unpaired) electrons. The van der Waals surface area contributed by atoms with Crippen LogP contribution >= 0.6 is 0 Å². The second kappa shape index (κ2) is 6.42. The van der Waals surface area contributed by atoms with Crippen molar-refractivity contribution in [2.45, 2.75) is 33.0 Å². The van der Waals surface area contributed by atoms with Crippen molar-refractivity contribution < 1.29 is 23.9 Å². The Morgan fingerprint density at radius 3 is 2.74 bits per heavy atom. The molecule has 0 saturated heterocycles. The van der Waals surface area contributed by atoms with Crippen LogP contribution in [0.2, 0.25) is 0 Å². The van der Waals surface area contributed by atoms with Crippen LogP contribution in [0.1, 0.15) is 26.5 Å². The molecule has 0 aliphatic rings. The number of aliphatic hydroxyl groups is 1. The lowest BCUT2D eigenvalue weighted by atomic mass is 10.2. The van der Waals surface area contributed by atoms with Crippen LogP contribution in [-0.2, 0) is 11.3 Å². The summed E-state index contributed by atoms with van der Waals surface area (Å²) in [6, 6.07) is 1.49. The van der Waals surface area contributed by atoms with E-state index in [1.54, 1.807) is 27.8 Å². The van der Waals surface area contributed by atoms with Gasteiger partial charge >= 0.3 is 6.09 Å². The Balaban J connectivity index is 2.30. The van der Waals surface area contributed by atoms with Gasteiger partial charge in [-0.1, -0.05) is 0 Å². The molecular formula is C12H20N2O5. The third-order valence-corrected chi connectivity index (χ3v) is 2.07. The lowest BCUT2D eigenvalue weighted by molar-refractivity contribution is 0.0276. The molecule has 0 saturated carbocycles. The van der Waals surface area contributed by atoms with E-state index in [2.05, 4.69) is 5.16 Å². The van der Waals surface area contributed by atoms with Gasteiger partial charge in [-0.05, 0) is 25.9 Å². The number of hydrogen-bond acceptors (Lipinski definition) is 6. The molecule has 1 rings (SSSR count). The molecule has 0 spiro atoms. The maximum atomic E-state index is 11.6. The number of amides is 1. The Bertz CT molecular complexity index is 410. The standard InChI is InChI=1S/C12H20N2O5/c1-12(2,3)18-11(16)14(4)5-6-17-10-7-9(8-15)19-13-10/h7,15H,5-6,8H2,1-4H3. The Morgan fingerprint density at radius 2 is 2.21 bits per heavy atom. The first-order valence-corrected chi connectivity index (χ1v) is 5.95. The van der Waals surface area contributed by atoms with Gasteiger partial charge in [-0.15, -0.1) is 0 Å². The summed E-state index contributed by atoms with van der Waals surface area (Å²) < 4.78 is 15.2. The molecule has 1 aromatic heterocycles. The number of aliphatic hydroxyl groups excluding tert-OH is 1. The zero-order valence-electron chi connectivity index (χ0n) is 11.7. The first kappa shape index (κ1) is 15.3. The highest BCUT2D eigenvalue weighted by molar-refractivity contribution is 5.67. The Labute approximate surface area is 112 Å². The highest BCUT2D eigenvalue weighted by Gasteiger charge is 2.19. The van der Waals surface area contributed by atoms with E-state index in [0.717, 1.165) is 0 Å². The quantitative estimate of drug-likeness (QED) is 0.872. The van der Waals surface area contributed by atoms with Crippen LogP contribution in [0.25, 0.3) is 0 Å². The summed E-state index contributed by atoms with van der Waals surface area (Å²) in [6.45, 7) is 5.81. The van der Waals surface area contributed by atoms with Crippen molar-refractivity contribution in [3.8, 4) is 5.88 Å². The summed E-state index contributed by atoms with van der Waals surface area (Å²) >= 11 is 0. The number of rotatable bonds is 5. The van der Waals surface area contributed by atoms with Gasteiger partial charge in [-0.25, -0.2) is 4.79 Å². The van der Waals surface area contributed by atoms with Gasteiger partial charge in [0, 0.05) is 13.1 Å². The van der Waals surface area contributed by atoms with E-state index in [9.17, 15) is 4.79 Å². The molecule has 7 heteroatoms. The first-order chi connectivity index (χ1) is 8.81. The molecule has 0 bridgehead atoms. The van der Waals surface area contributed by atoms with Crippen molar-refractivity contribution in [3.63, 3.8) is 0 Å². The molecule has 1 amide bonds. The van der Waals surface area contributed by atoms with Gasteiger partial charge in [0.05, 0.1) is 6.54 Å². The van der Waals surface area contributed by atoms with E-state index in [0.29, 0.717) is 12.3 Å². The summed E-state index contributed by atoms with van der Waals surface area (Å²) in [4.78, 5) is 13.0. The summed E-state index contributed by atoms with van der Waals surface area (Å²) in [5, 5.41) is 12.4. The third-order valence-electron chi connectivity index (χ3n) is 2.07. The monoisotopic (exact) mass is 272 g/mol. The number of carbonyl (C=O) groups is 1. The normalized spacial score (nSPS) is 11.2. The highest BCUT2D eigenvalue weighted by atomic mass is 16.6. The molecule has 0 atom stereocenters. The van der Waals surface area contributed by atoms with Gasteiger partial charge in [-0.3, -0.25) is 0 Å². The largest absolute Gasteiger partial charge is 0.474 e. The van der Waals surface area contributed by atoms with Gasteiger partial charge in [0.2, 0.25) is 0 Å². The van der Waals surface area contributed by atoms with Crippen LogP contribution in [0.5, 0.6) is 5.88 Å². The molecule has 0 fully saturated rings. The average molecular weight is 272 g/mol. The van der Waals surface area contributed by atoms with E-state index in [1.165, 1.54) is 11.0 Å². The molecule has 0 aliphatic carbocycles. The van der Waals surface area contributed by atoms with Crippen molar-refractivity contribution in [3.05, 3.63) is 11.8 Å². The summed E-state index contributed by atoms with van der Waals surface area (Å²) in [7, 11) is 1.62. The van der Waals surface area contributed by atoms with Gasteiger partial charge in [-0.2, -0.15) is 0 Å². The van der Waals surface area contributed by atoms with Gasteiger partial charge in [0.1, 0.15) is 18.8 Å². The number of carbonyl (C=O) groups excluding carboxylic acids is 1. The molecule has 0 aliphatic heterocycles. The van der Waals surface area contributed by atoms with Crippen molar-refractivity contribution in [1.82, 2.24) is 10.1 Å². The molecule has 1 heterocycles. The average Bonchev–Trinajstić information content (AvgIpc) is 2.74. The minimum Gasteiger partial charge on any atom is -0.474 e. The number of likely N-dealkylation sites (N-methyl/N-ethyl adjacent to an activating group) is 1. The maximum Gasteiger partial charge on any atom is 0.410 e. The minimum absolute atomic E-state index is 0.228. The number of hydrogen-bond donors (Lipinski definition) is 1. The zero-order chi connectivity index (χ0) is 14.5. The van der Waals surface area contributed by atoms with Crippen molar-refractivity contribution >= 4 is 6.09 Å². The number of nitrogens with zero attached hydrogens (tertiary/aromatic N) is 2. The fraction of sp³-hybridized carbons (Fsp3) is 0.667. The number of aromatic nitrogens is 1. The van der Waals surface area contributed by atoms with Gasteiger partial charge in [0.15, 0.2) is 5.76 Å². The van der Waals surface area contributed by atoms with Crippen molar-refractivity contribution in [2.75, 3.05) is 20.2 Å². The predicted molar refractivity (Wildman–Crippen MR) is 66.8 cm³/mol. The first-order valence-electron chi connectivity index (χ1n) is 5.95. The molecular weight excluding hydrogens is 252 g/mol. The smallest absolute Gasteiger partial charge is 0.410 e. The Hall–Kier alpha value is -1.76. The molecule has 0 unspecified atom stereocenters. The SMILES string of the molecule is CN(CCOc1cc(CO)on1)C(=O)OC(C)(C)C. The Kier molecular flexibility index (Phi) is 5.17. The van der Waals surface area contributed by atoms with Crippen LogP contribution < -0.4 is 4.74 Å². The fourth-order valence-corrected chi connectivity index (χ4v) is 1.15. The maximum absolute atomic E-state index is 11.6. The zero-order valence-corrected chi connectivity index (χ0v) is 11.7. The Morgan fingerprint density at radius 1 is 1.53 bits per heavy atom. The molecule has 1 aromatic rings. The van der Waals surface area contributed by atoms with E-state index < -0.39 is 11.7 Å². The van der Waals surface area contributed by atoms with E-state index in [-0.39, 0.29) is 19.1 Å². The van der Waals surface area contributed by atoms with E-state index in [4.69, 9.17) is 19.1 Å². The minimum atomic E-state index is -0.520. The summed E-state index contributed by atoms with van der Waals surface area (Å²) in [5.41, 5.74) is -0.520.